The summed E-state index contributed by atoms with van der Waals surface area (Å²) < 4.78 is 27.3. The van der Waals surface area contributed by atoms with Crippen LogP contribution in [0.1, 0.15) is 13.8 Å². The van der Waals surface area contributed by atoms with Gasteiger partial charge in [0, 0.05) is 31.7 Å². The number of halogens is 3. The summed E-state index contributed by atoms with van der Waals surface area (Å²) >= 11 is 3.11. The van der Waals surface area contributed by atoms with Crippen LogP contribution >= 0.6 is 15.9 Å². The minimum absolute atomic E-state index is 0.304. The number of nitrogens with one attached hydrogen (secondary N) is 1. The Bertz CT molecular complexity index is 437. The predicted octanol–water partition coefficient (Wildman–Crippen LogP) is 3.16. The molecule has 1 aromatic carbocycles. The molecule has 1 atom stereocenters. The zero-order chi connectivity index (χ0) is 13.3. The summed E-state index contributed by atoms with van der Waals surface area (Å²) in [5, 5.41) is 3.41. The zero-order valence-corrected chi connectivity index (χ0v) is 12.1. The third-order valence-electron chi connectivity index (χ3n) is 3.34. The molecule has 0 amide bonds. The molecule has 18 heavy (non-hydrogen) atoms. The van der Waals surface area contributed by atoms with E-state index in [0.717, 1.165) is 25.7 Å². The van der Waals surface area contributed by atoms with Crippen molar-refractivity contribution in [3.05, 3.63) is 28.2 Å². The summed E-state index contributed by atoms with van der Waals surface area (Å²) in [5.41, 5.74) is 0.468. The van der Waals surface area contributed by atoms with Crippen molar-refractivity contribution < 1.29 is 8.78 Å². The summed E-state index contributed by atoms with van der Waals surface area (Å²) in [6.07, 6.45) is 0. The number of hydrogen-bond donors (Lipinski definition) is 1. The van der Waals surface area contributed by atoms with E-state index < -0.39 is 11.6 Å². The summed E-state index contributed by atoms with van der Waals surface area (Å²) in [5.74, 6) is -0.577. The van der Waals surface area contributed by atoms with E-state index in [2.05, 4.69) is 35.1 Å². The molecule has 1 aliphatic rings. The van der Waals surface area contributed by atoms with E-state index in [0.29, 0.717) is 22.1 Å². The fraction of sp³-hybridized carbons (Fsp3) is 0.538. The topological polar surface area (TPSA) is 15.3 Å². The first-order chi connectivity index (χ1) is 8.49. The molecule has 1 aromatic rings. The highest BCUT2D eigenvalue weighted by molar-refractivity contribution is 9.10. The highest BCUT2D eigenvalue weighted by Gasteiger charge is 2.24. The van der Waals surface area contributed by atoms with Gasteiger partial charge in [-0.15, -0.1) is 0 Å². The SMILES string of the molecule is CC(C)C1CN(c2cc(Br)c(F)cc2F)CCN1. The first kappa shape index (κ1) is 13.7. The van der Waals surface area contributed by atoms with Crippen molar-refractivity contribution in [2.75, 3.05) is 24.5 Å². The molecule has 5 heteroatoms. The molecule has 0 aromatic heterocycles. The Morgan fingerprint density at radius 3 is 2.72 bits per heavy atom. The highest BCUT2D eigenvalue weighted by Crippen LogP contribution is 2.27. The number of nitrogens with zero attached hydrogens (tertiary/aromatic N) is 1. The quantitative estimate of drug-likeness (QED) is 0.843. The number of benzene rings is 1. The molecule has 0 saturated carbocycles. The lowest BCUT2D eigenvalue weighted by Crippen LogP contribution is -2.53. The highest BCUT2D eigenvalue weighted by atomic mass is 79.9. The fourth-order valence-electron chi connectivity index (χ4n) is 2.20. The molecule has 1 aliphatic heterocycles. The Labute approximate surface area is 114 Å². The molecule has 0 aliphatic carbocycles. The Kier molecular flexibility index (Phi) is 4.22. The van der Waals surface area contributed by atoms with Crippen LogP contribution in [0.4, 0.5) is 14.5 Å². The average Bonchev–Trinajstić information content (AvgIpc) is 2.34. The zero-order valence-electron chi connectivity index (χ0n) is 10.5. The summed E-state index contributed by atoms with van der Waals surface area (Å²) in [6, 6.07) is 2.79. The van der Waals surface area contributed by atoms with Gasteiger partial charge in [-0.05, 0) is 27.9 Å². The van der Waals surface area contributed by atoms with Crippen molar-refractivity contribution in [1.29, 1.82) is 0 Å². The summed E-state index contributed by atoms with van der Waals surface area (Å²) in [6.45, 7) is 6.57. The smallest absolute Gasteiger partial charge is 0.149 e. The van der Waals surface area contributed by atoms with Gasteiger partial charge < -0.3 is 10.2 Å². The molecular formula is C13H17BrF2N2. The molecule has 0 radical (unpaired) electrons. The van der Waals surface area contributed by atoms with Crippen LogP contribution in [-0.4, -0.2) is 25.7 Å². The van der Waals surface area contributed by atoms with Gasteiger partial charge in [-0.1, -0.05) is 13.8 Å². The lowest BCUT2D eigenvalue weighted by molar-refractivity contribution is 0.366. The number of rotatable bonds is 2. The van der Waals surface area contributed by atoms with E-state index in [-0.39, 0.29) is 0 Å². The fourth-order valence-corrected chi connectivity index (χ4v) is 2.53. The van der Waals surface area contributed by atoms with Crippen LogP contribution in [0.5, 0.6) is 0 Å². The molecule has 1 fully saturated rings. The van der Waals surface area contributed by atoms with Gasteiger partial charge in [0.15, 0.2) is 0 Å². The molecule has 2 nitrogen and oxygen atoms in total. The van der Waals surface area contributed by atoms with Crippen LogP contribution < -0.4 is 10.2 Å². The second-order valence-electron chi connectivity index (χ2n) is 4.97. The van der Waals surface area contributed by atoms with Gasteiger partial charge in [-0.2, -0.15) is 0 Å². The van der Waals surface area contributed by atoms with Gasteiger partial charge >= 0.3 is 0 Å². The lowest BCUT2D eigenvalue weighted by Gasteiger charge is -2.37. The van der Waals surface area contributed by atoms with Gasteiger partial charge in [0.25, 0.3) is 0 Å². The van der Waals surface area contributed by atoms with Crippen LogP contribution in [0.3, 0.4) is 0 Å². The monoisotopic (exact) mass is 318 g/mol. The average molecular weight is 319 g/mol. The van der Waals surface area contributed by atoms with Crippen molar-refractivity contribution in [2.45, 2.75) is 19.9 Å². The van der Waals surface area contributed by atoms with Crippen molar-refractivity contribution in [1.82, 2.24) is 5.32 Å². The number of anilines is 1. The van der Waals surface area contributed by atoms with Crippen molar-refractivity contribution >= 4 is 21.6 Å². The molecular weight excluding hydrogens is 302 g/mol. The number of piperazine rings is 1. The maximum atomic E-state index is 13.8. The van der Waals surface area contributed by atoms with Crippen LogP contribution in [0.2, 0.25) is 0 Å². The molecule has 1 unspecified atom stereocenters. The Balaban J connectivity index is 2.23. The van der Waals surface area contributed by atoms with Gasteiger partial charge in [0.2, 0.25) is 0 Å². The van der Waals surface area contributed by atoms with Crippen molar-refractivity contribution in [3.8, 4) is 0 Å². The van der Waals surface area contributed by atoms with E-state index in [1.165, 1.54) is 6.07 Å². The van der Waals surface area contributed by atoms with E-state index in [9.17, 15) is 8.78 Å². The maximum Gasteiger partial charge on any atom is 0.149 e. The van der Waals surface area contributed by atoms with Gasteiger partial charge in [0.05, 0.1) is 10.2 Å². The van der Waals surface area contributed by atoms with Crippen molar-refractivity contribution in [2.24, 2.45) is 5.92 Å². The van der Waals surface area contributed by atoms with Crippen LogP contribution in [0.25, 0.3) is 0 Å². The molecule has 100 valence electrons. The Morgan fingerprint density at radius 1 is 1.33 bits per heavy atom. The first-order valence-electron chi connectivity index (χ1n) is 6.12. The summed E-state index contributed by atoms with van der Waals surface area (Å²) in [7, 11) is 0. The van der Waals surface area contributed by atoms with E-state index in [1.54, 1.807) is 0 Å². The second-order valence-corrected chi connectivity index (χ2v) is 5.82. The molecule has 1 saturated heterocycles. The minimum atomic E-state index is -0.563. The molecule has 1 heterocycles. The van der Waals surface area contributed by atoms with E-state index in [4.69, 9.17) is 0 Å². The lowest BCUT2D eigenvalue weighted by atomic mass is 10.0. The molecule has 0 bridgehead atoms. The predicted molar refractivity (Wildman–Crippen MR) is 72.9 cm³/mol. The third-order valence-corrected chi connectivity index (χ3v) is 3.95. The minimum Gasteiger partial charge on any atom is -0.366 e. The Hall–Kier alpha value is -0.680. The standard InChI is InChI=1S/C13H17BrF2N2/c1-8(2)12-7-18(4-3-17-12)13-5-9(14)10(15)6-11(13)16/h5-6,8,12,17H,3-4,7H2,1-2H3. The third kappa shape index (κ3) is 2.83. The van der Waals surface area contributed by atoms with Gasteiger partial charge in [-0.3, -0.25) is 0 Å². The second kappa shape index (κ2) is 5.53. The van der Waals surface area contributed by atoms with E-state index >= 15 is 0 Å². The molecule has 0 spiro atoms. The van der Waals surface area contributed by atoms with E-state index in [1.807, 2.05) is 4.90 Å². The largest absolute Gasteiger partial charge is 0.366 e. The van der Waals surface area contributed by atoms with Crippen LogP contribution in [0, 0.1) is 17.6 Å². The normalized spacial score (nSPS) is 20.6. The Morgan fingerprint density at radius 2 is 2.06 bits per heavy atom. The number of hydrogen-bond acceptors (Lipinski definition) is 2. The van der Waals surface area contributed by atoms with Crippen molar-refractivity contribution in [3.63, 3.8) is 0 Å². The van der Waals surface area contributed by atoms with Crippen LogP contribution in [-0.2, 0) is 0 Å². The van der Waals surface area contributed by atoms with Crippen LogP contribution in [0.15, 0.2) is 16.6 Å². The van der Waals surface area contributed by atoms with Gasteiger partial charge in [0.1, 0.15) is 11.6 Å². The maximum absolute atomic E-state index is 13.8. The first-order valence-corrected chi connectivity index (χ1v) is 6.91. The van der Waals surface area contributed by atoms with Gasteiger partial charge in [-0.25, -0.2) is 8.78 Å². The molecule has 1 N–H and O–H groups in total. The summed E-state index contributed by atoms with van der Waals surface area (Å²) in [4.78, 5) is 1.97. The molecule has 2 rings (SSSR count).